The van der Waals surface area contributed by atoms with Crippen molar-refractivity contribution in [3.8, 4) is 0 Å². The lowest BCUT2D eigenvalue weighted by Crippen LogP contribution is -2.22. The number of rotatable bonds is 3. The molecule has 1 heterocycles. The van der Waals surface area contributed by atoms with Crippen molar-refractivity contribution in [2.45, 2.75) is 0 Å². The number of hydrogen-bond donors (Lipinski definition) is 1. The molecule has 1 aromatic carbocycles. The molecule has 0 saturated carbocycles. The van der Waals surface area contributed by atoms with Gasteiger partial charge in [0.1, 0.15) is 13.7 Å². The van der Waals surface area contributed by atoms with Crippen molar-refractivity contribution < 1.29 is 13.7 Å². The minimum absolute atomic E-state index is 0.136. The van der Waals surface area contributed by atoms with Crippen LogP contribution in [-0.4, -0.2) is 17.3 Å². The molecule has 0 spiro atoms. The first-order chi connectivity index (χ1) is 9.81. The summed E-state index contributed by atoms with van der Waals surface area (Å²) in [7, 11) is 6.54. The monoisotopic (exact) mass is 291 g/mol. The maximum Gasteiger partial charge on any atom is 0.312 e. The standard InChI is InChI=1S/C12H8BF2N3O3/c1-17-5-9(18(20)21)11(10(15)12(17)19)16-8-3-2-6(13)4-7(8)14/h2-5,16H,1H3. The Labute approximate surface area is 118 Å². The van der Waals surface area contributed by atoms with Gasteiger partial charge in [-0.05, 0) is 12.1 Å². The normalized spacial score (nSPS) is 10.4. The van der Waals surface area contributed by atoms with Crippen molar-refractivity contribution in [2.24, 2.45) is 7.05 Å². The summed E-state index contributed by atoms with van der Waals surface area (Å²) in [4.78, 5) is 21.6. The predicted molar refractivity (Wildman–Crippen MR) is 73.4 cm³/mol. The Morgan fingerprint density at radius 3 is 2.62 bits per heavy atom. The molecule has 0 amide bonds. The largest absolute Gasteiger partial charge is 0.345 e. The molecule has 9 heteroatoms. The summed E-state index contributed by atoms with van der Waals surface area (Å²) < 4.78 is 28.3. The summed E-state index contributed by atoms with van der Waals surface area (Å²) in [6.45, 7) is 0. The maximum atomic E-state index is 13.9. The molecule has 106 valence electrons. The second-order valence-electron chi connectivity index (χ2n) is 4.24. The molecule has 0 aliphatic rings. The van der Waals surface area contributed by atoms with Crippen LogP contribution in [0, 0.1) is 21.7 Å². The quantitative estimate of drug-likeness (QED) is 0.522. The highest BCUT2D eigenvalue weighted by Crippen LogP contribution is 2.28. The van der Waals surface area contributed by atoms with E-state index < -0.39 is 33.5 Å². The molecule has 2 aromatic rings. The summed E-state index contributed by atoms with van der Waals surface area (Å²) in [6, 6.07) is 3.48. The van der Waals surface area contributed by atoms with Crippen LogP contribution in [0.1, 0.15) is 0 Å². The van der Waals surface area contributed by atoms with Crippen LogP contribution in [0.3, 0.4) is 0 Å². The highest BCUT2D eigenvalue weighted by atomic mass is 19.1. The summed E-state index contributed by atoms with van der Waals surface area (Å²) in [5, 5.41) is 13.2. The molecule has 0 unspecified atom stereocenters. The fourth-order valence-electron chi connectivity index (χ4n) is 1.71. The van der Waals surface area contributed by atoms with Gasteiger partial charge in [0.05, 0.1) is 16.8 Å². The average Bonchev–Trinajstić information content (AvgIpc) is 2.41. The number of aryl methyl sites for hydroxylation is 1. The van der Waals surface area contributed by atoms with Crippen LogP contribution in [0.15, 0.2) is 29.2 Å². The molecule has 0 saturated heterocycles. The maximum absolute atomic E-state index is 13.9. The van der Waals surface area contributed by atoms with Crippen LogP contribution in [0.4, 0.5) is 25.8 Å². The van der Waals surface area contributed by atoms with Crippen molar-refractivity contribution in [3.63, 3.8) is 0 Å². The molecule has 21 heavy (non-hydrogen) atoms. The van der Waals surface area contributed by atoms with Crippen LogP contribution in [0.5, 0.6) is 0 Å². The Morgan fingerprint density at radius 1 is 1.38 bits per heavy atom. The molecule has 1 N–H and O–H groups in total. The highest BCUT2D eigenvalue weighted by molar-refractivity contribution is 6.32. The molecule has 0 fully saturated rings. The number of halogens is 2. The number of benzene rings is 1. The molecule has 0 aliphatic carbocycles. The van der Waals surface area contributed by atoms with Gasteiger partial charge < -0.3 is 9.88 Å². The zero-order chi connectivity index (χ0) is 15.7. The lowest BCUT2D eigenvalue weighted by Gasteiger charge is -2.10. The van der Waals surface area contributed by atoms with Crippen LogP contribution in [0.2, 0.25) is 0 Å². The van der Waals surface area contributed by atoms with Crippen molar-refractivity contribution in [1.82, 2.24) is 4.57 Å². The molecule has 2 rings (SSSR count). The van der Waals surface area contributed by atoms with Gasteiger partial charge in [-0.25, -0.2) is 4.39 Å². The average molecular weight is 291 g/mol. The number of aromatic nitrogens is 1. The van der Waals surface area contributed by atoms with E-state index >= 15 is 0 Å². The lowest BCUT2D eigenvalue weighted by atomic mass is 9.96. The van der Waals surface area contributed by atoms with Crippen molar-refractivity contribution in [2.75, 3.05) is 5.32 Å². The third-order valence-electron chi connectivity index (χ3n) is 2.75. The third-order valence-corrected chi connectivity index (χ3v) is 2.75. The summed E-state index contributed by atoms with van der Waals surface area (Å²) in [5.41, 5.74) is -2.56. The Morgan fingerprint density at radius 2 is 2.05 bits per heavy atom. The van der Waals surface area contributed by atoms with Crippen LogP contribution < -0.4 is 16.3 Å². The molecule has 0 bridgehead atoms. The smallest absolute Gasteiger partial charge is 0.312 e. The van der Waals surface area contributed by atoms with E-state index in [1.165, 1.54) is 19.2 Å². The van der Waals surface area contributed by atoms with Gasteiger partial charge in [0.2, 0.25) is 5.82 Å². The first-order valence-electron chi connectivity index (χ1n) is 5.67. The number of anilines is 2. The fourth-order valence-corrected chi connectivity index (χ4v) is 1.71. The van der Waals surface area contributed by atoms with Gasteiger partial charge in [0, 0.05) is 7.05 Å². The van der Waals surface area contributed by atoms with Gasteiger partial charge in [0.25, 0.3) is 5.56 Å². The predicted octanol–water partition coefficient (Wildman–Crippen LogP) is 1.11. The summed E-state index contributed by atoms with van der Waals surface area (Å²) in [6.07, 6.45) is 0.850. The number of hydrogen-bond acceptors (Lipinski definition) is 4. The third kappa shape index (κ3) is 2.76. The van der Waals surface area contributed by atoms with Gasteiger partial charge >= 0.3 is 5.69 Å². The summed E-state index contributed by atoms with van der Waals surface area (Å²) in [5.74, 6) is -2.20. The molecule has 1 aromatic heterocycles. The molecule has 0 atom stereocenters. The van der Waals surface area contributed by atoms with Crippen molar-refractivity contribution >= 4 is 30.4 Å². The molecular weight excluding hydrogens is 283 g/mol. The number of nitrogens with one attached hydrogen (secondary N) is 1. The minimum Gasteiger partial charge on any atom is -0.345 e. The Kier molecular flexibility index (Phi) is 3.75. The SMILES string of the molecule is [B]c1ccc(Nc2c([N+](=O)[O-])cn(C)c(=O)c2F)c(F)c1. The zero-order valence-electron chi connectivity index (χ0n) is 10.8. The number of pyridine rings is 1. The first-order valence-corrected chi connectivity index (χ1v) is 5.67. The van der Waals surface area contributed by atoms with E-state index in [2.05, 4.69) is 5.32 Å². The molecule has 0 aliphatic heterocycles. The Bertz CT molecular complexity index is 792. The van der Waals surface area contributed by atoms with Crippen molar-refractivity contribution in [1.29, 1.82) is 0 Å². The van der Waals surface area contributed by atoms with E-state index in [0.29, 0.717) is 0 Å². The lowest BCUT2D eigenvalue weighted by molar-refractivity contribution is -0.384. The van der Waals surface area contributed by atoms with E-state index in [1.54, 1.807) is 0 Å². The Balaban J connectivity index is 2.60. The first kappa shape index (κ1) is 14.7. The number of nitro groups is 1. The van der Waals surface area contributed by atoms with Gasteiger partial charge in [-0.15, -0.1) is 0 Å². The van der Waals surface area contributed by atoms with Crippen LogP contribution in [0.25, 0.3) is 0 Å². The van der Waals surface area contributed by atoms with Crippen molar-refractivity contribution in [3.05, 3.63) is 56.5 Å². The van der Waals surface area contributed by atoms with Crippen LogP contribution >= 0.6 is 0 Å². The fraction of sp³-hybridized carbons (Fsp3) is 0.0833. The van der Waals surface area contributed by atoms with E-state index in [0.717, 1.165) is 16.8 Å². The summed E-state index contributed by atoms with van der Waals surface area (Å²) >= 11 is 0. The minimum atomic E-state index is -1.37. The molecular formula is C12H8BF2N3O3. The Hall–Kier alpha value is -2.71. The molecule has 2 radical (unpaired) electrons. The van der Waals surface area contributed by atoms with E-state index in [-0.39, 0.29) is 11.2 Å². The highest BCUT2D eigenvalue weighted by Gasteiger charge is 2.23. The number of nitrogens with zero attached hydrogens (tertiary/aromatic N) is 2. The topological polar surface area (TPSA) is 77.2 Å². The van der Waals surface area contributed by atoms with Gasteiger partial charge in [-0.2, -0.15) is 4.39 Å². The second kappa shape index (κ2) is 5.35. The van der Waals surface area contributed by atoms with Gasteiger partial charge in [0.15, 0.2) is 5.69 Å². The molecule has 6 nitrogen and oxygen atoms in total. The second-order valence-corrected chi connectivity index (χ2v) is 4.24. The van der Waals surface area contributed by atoms with Gasteiger partial charge in [-0.3, -0.25) is 14.9 Å². The van der Waals surface area contributed by atoms with E-state index in [4.69, 9.17) is 7.85 Å². The van der Waals surface area contributed by atoms with E-state index in [1.807, 2.05) is 0 Å². The zero-order valence-corrected chi connectivity index (χ0v) is 10.8. The van der Waals surface area contributed by atoms with Gasteiger partial charge in [-0.1, -0.05) is 11.5 Å². The van der Waals surface area contributed by atoms with Crippen LogP contribution in [-0.2, 0) is 7.05 Å². The van der Waals surface area contributed by atoms with E-state index in [9.17, 15) is 23.7 Å².